The van der Waals surface area contributed by atoms with E-state index in [4.69, 9.17) is 10.00 Å². The number of carboxylic acids is 1. The standard InChI is InChI=1S/C20H20N2O4/c21-12-7-13-22(20(25)26-15-17-10-5-2-6-11-17)18(19(23)24)14-16-8-3-1-4-9-16/h1-6,8-11,18H,7,13-15H2,(H,23,24). The molecule has 134 valence electrons. The number of carbonyl (C=O) groups is 2. The summed E-state index contributed by atoms with van der Waals surface area (Å²) in [5.41, 5.74) is 1.59. The average Bonchev–Trinajstić information content (AvgIpc) is 2.67. The first-order valence-corrected chi connectivity index (χ1v) is 8.23. The summed E-state index contributed by atoms with van der Waals surface area (Å²) in [5, 5.41) is 18.4. The first-order chi connectivity index (χ1) is 12.6. The van der Waals surface area contributed by atoms with E-state index in [1.54, 1.807) is 12.1 Å². The minimum absolute atomic E-state index is 0.00603. The van der Waals surface area contributed by atoms with E-state index in [9.17, 15) is 14.7 Å². The molecular formula is C20H20N2O4. The predicted octanol–water partition coefficient (Wildman–Crippen LogP) is 3.23. The van der Waals surface area contributed by atoms with Crippen molar-refractivity contribution in [2.24, 2.45) is 0 Å². The number of ether oxygens (including phenoxy) is 1. The van der Waals surface area contributed by atoms with Gasteiger partial charge in [-0.25, -0.2) is 9.59 Å². The summed E-state index contributed by atoms with van der Waals surface area (Å²) in [6, 6.07) is 19.0. The SMILES string of the molecule is N#CCCN(C(=O)OCc1ccccc1)C(Cc1ccccc1)C(=O)O. The smallest absolute Gasteiger partial charge is 0.410 e. The highest BCUT2D eigenvalue weighted by molar-refractivity contribution is 5.80. The number of aliphatic carboxylic acids is 1. The van der Waals surface area contributed by atoms with Crippen LogP contribution in [0.2, 0.25) is 0 Å². The van der Waals surface area contributed by atoms with Crippen molar-refractivity contribution in [1.82, 2.24) is 4.90 Å². The topological polar surface area (TPSA) is 90.6 Å². The highest BCUT2D eigenvalue weighted by Gasteiger charge is 2.30. The number of hydrogen-bond donors (Lipinski definition) is 1. The molecule has 2 aromatic carbocycles. The molecule has 0 aromatic heterocycles. The van der Waals surface area contributed by atoms with Crippen LogP contribution in [0.15, 0.2) is 60.7 Å². The zero-order valence-electron chi connectivity index (χ0n) is 14.2. The zero-order chi connectivity index (χ0) is 18.8. The number of nitrogens with zero attached hydrogens (tertiary/aromatic N) is 2. The Hall–Kier alpha value is -3.33. The number of rotatable bonds is 8. The van der Waals surface area contributed by atoms with Gasteiger partial charge in [-0.15, -0.1) is 0 Å². The minimum Gasteiger partial charge on any atom is -0.480 e. The van der Waals surface area contributed by atoms with Gasteiger partial charge in [0.05, 0.1) is 12.5 Å². The lowest BCUT2D eigenvalue weighted by molar-refractivity contribution is -0.142. The number of carboxylic acid groups (broad SMARTS) is 1. The van der Waals surface area contributed by atoms with Gasteiger partial charge in [0.1, 0.15) is 12.6 Å². The van der Waals surface area contributed by atoms with Crippen LogP contribution in [0.1, 0.15) is 17.5 Å². The molecule has 26 heavy (non-hydrogen) atoms. The molecule has 2 aromatic rings. The quantitative estimate of drug-likeness (QED) is 0.787. The second-order valence-corrected chi connectivity index (χ2v) is 5.69. The molecule has 0 spiro atoms. The van der Waals surface area contributed by atoms with Gasteiger partial charge in [-0.1, -0.05) is 60.7 Å². The van der Waals surface area contributed by atoms with E-state index < -0.39 is 18.1 Å². The minimum atomic E-state index is -1.14. The molecule has 1 N–H and O–H groups in total. The maximum absolute atomic E-state index is 12.5. The molecule has 0 fully saturated rings. The lowest BCUT2D eigenvalue weighted by atomic mass is 10.0. The van der Waals surface area contributed by atoms with E-state index in [2.05, 4.69) is 0 Å². The molecular weight excluding hydrogens is 332 g/mol. The van der Waals surface area contributed by atoms with Crippen LogP contribution >= 0.6 is 0 Å². The summed E-state index contributed by atoms with van der Waals surface area (Å²) in [6.07, 6.45) is -0.575. The number of nitriles is 1. The molecule has 0 radical (unpaired) electrons. The Bertz CT molecular complexity index is 756. The molecule has 0 aliphatic rings. The Morgan fingerprint density at radius 2 is 1.62 bits per heavy atom. The summed E-state index contributed by atoms with van der Waals surface area (Å²) in [5.74, 6) is -1.14. The van der Waals surface area contributed by atoms with Crippen LogP contribution in [-0.2, 0) is 22.6 Å². The van der Waals surface area contributed by atoms with Gasteiger partial charge in [-0.3, -0.25) is 4.90 Å². The van der Waals surface area contributed by atoms with E-state index >= 15 is 0 Å². The lowest BCUT2D eigenvalue weighted by Gasteiger charge is -2.27. The van der Waals surface area contributed by atoms with Crippen LogP contribution in [0.3, 0.4) is 0 Å². The first-order valence-electron chi connectivity index (χ1n) is 8.23. The van der Waals surface area contributed by atoms with Gasteiger partial charge in [0.2, 0.25) is 0 Å². The number of amides is 1. The fourth-order valence-electron chi connectivity index (χ4n) is 2.52. The number of hydrogen-bond acceptors (Lipinski definition) is 4. The van der Waals surface area contributed by atoms with Crippen molar-refractivity contribution in [2.45, 2.75) is 25.5 Å². The van der Waals surface area contributed by atoms with E-state index in [1.165, 1.54) is 0 Å². The number of carbonyl (C=O) groups excluding carboxylic acids is 1. The van der Waals surface area contributed by atoms with Gasteiger partial charge in [-0.2, -0.15) is 5.26 Å². The molecule has 1 unspecified atom stereocenters. The van der Waals surface area contributed by atoms with Crippen molar-refractivity contribution in [3.63, 3.8) is 0 Å². The van der Waals surface area contributed by atoms with Gasteiger partial charge in [0.15, 0.2) is 0 Å². The van der Waals surface area contributed by atoms with Crippen LogP contribution in [0.5, 0.6) is 0 Å². The summed E-state index contributed by atoms with van der Waals surface area (Å²) in [4.78, 5) is 25.4. The maximum atomic E-state index is 12.5. The molecule has 0 aliphatic carbocycles. The Labute approximate surface area is 152 Å². The highest BCUT2D eigenvalue weighted by atomic mass is 16.6. The lowest BCUT2D eigenvalue weighted by Crippen LogP contribution is -2.47. The van der Waals surface area contributed by atoms with Crippen molar-refractivity contribution < 1.29 is 19.4 Å². The molecule has 0 saturated heterocycles. The van der Waals surface area contributed by atoms with E-state index in [-0.39, 0.29) is 26.0 Å². The first kappa shape index (κ1) is 19.0. The zero-order valence-corrected chi connectivity index (χ0v) is 14.2. The van der Waals surface area contributed by atoms with E-state index in [0.29, 0.717) is 0 Å². The van der Waals surface area contributed by atoms with Gasteiger partial charge in [0.25, 0.3) is 0 Å². The van der Waals surface area contributed by atoms with Gasteiger partial charge >= 0.3 is 12.1 Å². The van der Waals surface area contributed by atoms with Crippen LogP contribution in [0.4, 0.5) is 4.79 Å². The van der Waals surface area contributed by atoms with Gasteiger partial charge < -0.3 is 9.84 Å². The molecule has 0 bridgehead atoms. The van der Waals surface area contributed by atoms with Crippen LogP contribution in [0.25, 0.3) is 0 Å². The third kappa shape index (κ3) is 5.64. The van der Waals surface area contributed by atoms with Crippen LogP contribution < -0.4 is 0 Å². The summed E-state index contributed by atoms with van der Waals surface area (Å²) >= 11 is 0. The van der Waals surface area contributed by atoms with Crippen molar-refractivity contribution in [3.05, 3.63) is 71.8 Å². The highest BCUT2D eigenvalue weighted by Crippen LogP contribution is 2.13. The molecule has 0 saturated carbocycles. The Morgan fingerprint density at radius 1 is 1.04 bits per heavy atom. The fraction of sp³-hybridized carbons (Fsp3) is 0.250. The van der Waals surface area contributed by atoms with Crippen LogP contribution in [-0.4, -0.2) is 34.7 Å². The van der Waals surface area contributed by atoms with Gasteiger partial charge in [0, 0.05) is 13.0 Å². The van der Waals surface area contributed by atoms with Gasteiger partial charge in [-0.05, 0) is 11.1 Å². The molecule has 1 atom stereocenters. The molecule has 0 heterocycles. The summed E-state index contributed by atoms with van der Waals surface area (Å²) in [7, 11) is 0. The second-order valence-electron chi connectivity index (χ2n) is 5.69. The van der Waals surface area contributed by atoms with Crippen molar-refractivity contribution in [3.8, 4) is 6.07 Å². The van der Waals surface area contributed by atoms with Crippen molar-refractivity contribution in [1.29, 1.82) is 5.26 Å². The molecule has 0 aliphatic heterocycles. The maximum Gasteiger partial charge on any atom is 0.410 e. The summed E-state index contributed by atoms with van der Waals surface area (Å²) in [6.45, 7) is 0.0360. The third-order valence-electron chi connectivity index (χ3n) is 3.84. The predicted molar refractivity (Wildman–Crippen MR) is 95.1 cm³/mol. The van der Waals surface area contributed by atoms with Crippen molar-refractivity contribution >= 4 is 12.1 Å². The van der Waals surface area contributed by atoms with Crippen LogP contribution in [0, 0.1) is 11.3 Å². The second kappa shape index (κ2) is 9.84. The summed E-state index contributed by atoms with van der Waals surface area (Å²) < 4.78 is 5.27. The molecule has 6 nitrogen and oxygen atoms in total. The normalized spacial score (nSPS) is 11.2. The fourth-order valence-corrected chi connectivity index (χ4v) is 2.52. The van der Waals surface area contributed by atoms with E-state index in [1.807, 2.05) is 54.6 Å². The Kier molecular flexibility index (Phi) is 7.19. The third-order valence-corrected chi connectivity index (χ3v) is 3.84. The molecule has 1 amide bonds. The largest absolute Gasteiger partial charge is 0.480 e. The van der Waals surface area contributed by atoms with E-state index in [0.717, 1.165) is 16.0 Å². The molecule has 2 rings (SSSR count). The Balaban J connectivity index is 2.12. The molecule has 6 heteroatoms. The average molecular weight is 352 g/mol. The number of benzene rings is 2. The van der Waals surface area contributed by atoms with Crippen molar-refractivity contribution in [2.75, 3.05) is 6.54 Å². The Morgan fingerprint density at radius 3 is 2.15 bits per heavy atom. The monoisotopic (exact) mass is 352 g/mol.